The molecule has 0 N–H and O–H groups in total. The van der Waals surface area contributed by atoms with Crippen molar-refractivity contribution in [3.63, 3.8) is 0 Å². The fourth-order valence-corrected chi connectivity index (χ4v) is 3.37. The number of hydrogen-bond donors (Lipinski definition) is 0. The van der Waals surface area contributed by atoms with Crippen LogP contribution in [0.5, 0.6) is 0 Å². The van der Waals surface area contributed by atoms with Crippen LogP contribution in [0.4, 0.5) is 4.79 Å². The average molecular weight is 369 g/mol. The molecule has 0 spiro atoms. The Morgan fingerprint density at radius 1 is 1.23 bits per heavy atom. The fourth-order valence-electron chi connectivity index (χ4n) is 3.37. The number of nitrogens with zero attached hydrogens (tertiary/aromatic N) is 2. The molecule has 1 fully saturated rings. The molecule has 1 amide bonds. The van der Waals surface area contributed by atoms with Gasteiger partial charge in [0.25, 0.3) is 0 Å². The molecule has 0 aromatic carbocycles. The van der Waals surface area contributed by atoms with Gasteiger partial charge in [-0.2, -0.15) is 0 Å². The summed E-state index contributed by atoms with van der Waals surface area (Å²) in [6.45, 7) is 12.6. The van der Waals surface area contributed by atoms with E-state index in [1.807, 2.05) is 33.9 Å². The Hall–Kier alpha value is -1.07. The van der Waals surface area contributed by atoms with Gasteiger partial charge in [-0.3, -0.25) is 4.90 Å². The molecule has 0 bridgehead atoms. The smallest absolute Gasteiger partial charge is 0.410 e. The van der Waals surface area contributed by atoms with Crippen LogP contribution < -0.4 is 0 Å². The zero-order valence-electron chi connectivity index (χ0n) is 17.8. The summed E-state index contributed by atoms with van der Waals surface area (Å²) >= 11 is 0. The van der Waals surface area contributed by atoms with Gasteiger partial charge in [-0.25, -0.2) is 4.79 Å². The Labute approximate surface area is 160 Å². The molecular formula is C21H40N2O3. The van der Waals surface area contributed by atoms with Gasteiger partial charge in [0.2, 0.25) is 0 Å². The summed E-state index contributed by atoms with van der Waals surface area (Å²) in [5, 5.41) is 0. The number of unbranched alkanes of at least 4 members (excludes halogenated alkanes) is 1. The Morgan fingerprint density at radius 2 is 1.85 bits per heavy atom. The molecule has 1 aliphatic rings. The van der Waals surface area contributed by atoms with E-state index in [4.69, 9.17) is 9.47 Å². The largest absolute Gasteiger partial charge is 0.444 e. The van der Waals surface area contributed by atoms with Gasteiger partial charge in [-0.15, -0.1) is 6.58 Å². The maximum Gasteiger partial charge on any atom is 0.410 e. The topological polar surface area (TPSA) is 42.0 Å². The second-order valence-corrected chi connectivity index (χ2v) is 8.48. The molecule has 0 aromatic heterocycles. The van der Waals surface area contributed by atoms with Gasteiger partial charge in [0, 0.05) is 19.6 Å². The highest BCUT2D eigenvalue weighted by Gasteiger charge is 2.31. The van der Waals surface area contributed by atoms with Gasteiger partial charge in [0.1, 0.15) is 11.8 Å². The summed E-state index contributed by atoms with van der Waals surface area (Å²) in [4.78, 5) is 16.3. The lowest BCUT2D eigenvalue weighted by Gasteiger charge is -2.38. The van der Waals surface area contributed by atoms with E-state index in [0.29, 0.717) is 0 Å². The Balaban J connectivity index is 2.50. The van der Waals surface area contributed by atoms with Gasteiger partial charge in [-0.1, -0.05) is 19.4 Å². The fraction of sp³-hybridized carbons (Fsp3) is 0.857. The lowest BCUT2D eigenvalue weighted by atomic mass is 9.92. The number of hydrogen-bond acceptors (Lipinski definition) is 4. The van der Waals surface area contributed by atoms with Gasteiger partial charge in [-0.05, 0) is 66.3 Å². The second-order valence-electron chi connectivity index (χ2n) is 8.48. The van der Waals surface area contributed by atoms with Gasteiger partial charge >= 0.3 is 6.09 Å². The van der Waals surface area contributed by atoms with Gasteiger partial charge in [0.05, 0.1) is 6.10 Å². The molecule has 0 radical (unpaired) electrons. The third-order valence-electron chi connectivity index (χ3n) is 4.94. The molecule has 0 saturated heterocycles. The van der Waals surface area contributed by atoms with Crippen LogP contribution in [0.15, 0.2) is 12.7 Å². The van der Waals surface area contributed by atoms with Crippen molar-refractivity contribution in [1.29, 1.82) is 0 Å². The van der Waals surface area contributed by atoms with E-state index < -0.39 is 5.60 Å². The molecule has 152 valence electrons. The van der Waals surface area contributed by atoms with Crippen LogP contribution >= 0.6 is 0 Å². The summed E-state index contributed by atoms with van der Waals surface area (Å²) < 4.78 is 11.9. The molecule has 0 heterocycles. The van der Waals surface area contributed by atoms with Crippen molar-refractivity contribution in [2.24, 2.45) is 0 Å². The number of likely N-dealkylation sites (N-methyl/N-ethyl adjacent to an activating group) is 1. The van der Waals surface area contributed by atoms with Gasteiger partial charge < -0.3 is 14.4 Å². The van der Waals surface area contributed by atoms with E-state index in [0.717, 1.165) is 38.6 Å². The van der Waals surface area contributed by atoms with E-state index in [-0.39, 0.29) is 24.5 Å². The van der Waals surface area contributed by atoms with Crippen molar-refractivity contribution < 1.29 is 14.3 Å². The van der Waals surface area contributed by atoms with Crippen LogP contribution in [-0.2, 0) is 9.47 Å². The Bertz CT molecular complexity index is 425. The van der Waals surface area contributed by atoms with Crippen molar-refractivity contribution in [2.75, 3.05) is 20.6 Å². The molecule has 1 atom stereocenters. The minimum Gasteiger partial charge on any atom is -0.444 e. The first-order valence-electron chi connectivity index (χ1n) is 10.1. The molecular weight excluding hydrogens is 328 g/mol. The minimum atomic E-state index is -0.451. The summed E-state index contributed by atoms with van der Waals surface area (Å²) in [5.74, 6) is 0. The van der Waals surface area contributed by atoms with Crippen LogP contribution in [0.3, 0.4) is 0 Å². The van der Waals surface area contributed by atoms with E-state index >= 15 is 0 Å². The van der Waals surface area contributed by atoms with Crippen LogP contribution in [-0.4, -0.2) is 60.5 Å². The molecule has 0 aliphatic heterocycles. The molecule has 1 aliphatic carbocycles. The zero-order valence-corrected chi connectivity index (χ0v) is 17.8. The van der Waals surface area contributed by atoms with Crippen LogP contribution in [0.1, 0.15) is 72.6 Å². The van der Waals surface area contributed by atoms with Crippen molar-refractivity contribution in [1.82, 2.24) is 9.80 Å². The molecule has 5 heteroatoms. The predicted octanol–water partition coefficient (Wildman–Crippen LogP) is 4.82. The van der Waals surface area contributed by atoms with Gasteiger partial charge in [0.15, 0.2) is 0 Å². The summed E-state index contributed by atoms with van der Waals surface area (Å²) in [7, 11) is 3.95. The van der Waals surface area contributed by atoms with E-state index in [9.17, 15) is 4.79 Å². The van der Waals surface area contributed by atoms with Crippen molar-refractivity contribution in [3.8, 4) is 0 Å². The minimum absolute atomic E-state index is 0.151. The van der Waals surface area contributed by atoms with Crippen molar-refractivity contribution in [2.45, 2.75) is 96.6 Å². The molecule has 1 saturated carbocycles. The number of carbonyl (C=O) groups is 1. The van der Waals surface area contributed by atoms with Crippen LogP contribution in [0.25, 0.3) is 0 Å². The first kappa shape index (κ1) is 23.0. The standard InChI is InChI=1S/C21H40N2O3/c1-8-10-11-19(22(6)16-9-2)25-18-14-12-17(13-15-18)23(7)20(24)26-21(3,4)5/h9,17-19H,2,8,10-16H2,1,3-7H3. The lowest BCUT2D eigenvalue weighted by molar-refractivity contribution is -0.107. The van der Waals surface area contributed by atoms with Crippen LogP contribution in [0, 0.1) is 0 Å². The summed E-state index contributed by atoms with van der Waals surface area (Å²) in [5.41, 5.74) is -0.451. The SMILES string of the molecule is C=CCN(C)C(CCCC)OC1CCC(N(C)C(=O)OC(C)(C)C)CC1. The summed E-state index contributed by atoms with van der Waals surface area (Å²) in [6, 6.07) is 0.240. The summed E-state index contributed by atoms with van der Waals surface area (Å²) in [6.07, 6.45) is 9.42. The monoisotopic (exact) mass is 368 g/mol. The number of ether oxygens (including phenoxy) is 2. The van der Waals surface area contributed by atoms with E-state index in [1.54, 1.807) is 4.90 Å². The third-order valence-corrected chi connectivity index (χ3v) is 4.94. The molecule has 5 nitrogen and oxygen atoms in total. The zero-order chi connectivity index (χ0) is 19.7. The van der Waals surface area contributed by atoms with Crippen molar-refractivity contribution in [3.05, 3.63) is 12.7 Å². The van der Waals surface area contributed by atoms with E-state index in [2.05, 4.69) is 25.5 Å². The molecule has 26 heavy (non-hydrogen) atoms. The highest BCUT2D eigenvalue weighted by atomic mass is 16.6. The van der Waals surface area contributed by atoms with Crippen molar-refractivity contribution >= 4 is 6.09 Å². The highest BCUT2D eigenvalue weighted by molar-refractivity contribution is 5.68. The molecule has 1 unspecified atom stereocenters. The number of rotatable bonds is 9. The highest BCUT2D eigenvalue weighted by Crippen LogP contribution is 2.27. The molecule has 1 rings (SSSR count). The average Bonchev–Trinajstić information content (AvgIpc) is 2.57. The van der Waals surface area contributed by atoms with E-state index in [1.165, 1.54) is 12.8 Å². The number of carbonyl (C=O) groups excluding carboxylic acids is 1. The number of amides is 1. The maximum atomic E-state index is 12.3. The second kappa shape index (κ2) is 10.9. The normalized spacial score (nSPS) is 22.1. The predicted molar refractivity (Wildman–Crippen MR) is 107 cm³/mol. The lowest BCUT2D eigenvalue weighted by Crippen LogP contribution is -2.44. The first-order chi connectivity index (χ1) is 12.2. The quantitative estimate of drug-likeness (QED) is 0.432. The first-order valence-corrected chi connectivity index (χ1v) is 10.1. The third kappa shape index (κ3) is 8.09. The molecule has 0 aromatic rings. The Kier molecular flexibility index (Phi) is 9.66. The van der Waals surface area contributed by atoms with Crippen LogP contribution in [0.2, 0.25) is 0 Å². The Morgan fingerprint density at radius 3 is 2.35 bits per heavy atom. The maximum absolute atomic E-state index is 12.3.